The van der Waals surface area contributed by atoms with Crippen LogP contribution >= 0.6 is 0 Å². The van der Waals surface area contributed by atoms with Gasteiger partial charge in [-0.1, -0.05) is 191 Å². The number of phenolic OH excluding ortho intramolecular Hbond substituents is 1. The fourth-order valence-corrected chi connectivity index (χ4v) is 10.6. The summed E-state index contributed by atoms with van der Waals surface area (Å²) in [6.07, 6.45) is 1.92. The average molecular weight is 1150 g/mol. The van der Waals surface area contributed by atoms with Crippen molar-refractivity contribution in [2.24, 2.45) is 0 Å². The number of pyridine rings is 1. The van der Waals surface area contributed by atoms with Crippen LogP contribution in [0.5, 0.6) is 5.75 Å². The van der Waals surface area contributed by atoms with Crippen molar-refractivity contribution < 1.29 is 26.2 Å². The standard InChI is InChI=1S/C68H65N4O.Pt/c1-65(2,3)46-32-31-43-36-47(66(4,5)6)41-60(54(43)38-46)72-59-30-20-26-50(61(59)70-64(72)55-39-48(67(7,8)9)40-56(63(55)73)68(10,11)12)42-21-18-22-45(35-42)57-37-44(33-34-69-57)51-27-19-28-53-52-25-16-17-29-58(52)71(62(51)53)49-23-14-13-15-24-49;/h13-34,36-41,73H,1-12H3;/q-1;. The minimum atomic E-state index is -0.337. The number of imidazole rings is 1. The van der Waals surface area contributed by atoms with Gasteiger partial charge in [0.15, 0.2) is 0 Å². The van der Waals surface area contributed by atoms with Crippen LogP contribution in [-0.4, -0.2) is 24.2 Å². The van der Waals surface area contributed by atoms with E-state index in [-0.39, 0.29) is 48.5 Å². The number of para-hydroxylation sites is 4. The summed E-state index contributed by atoms with van der Waals surface area (Å²) in [5.41, 5.74) is 16.5. The van der Waals surface area contributed by atoms with Gasteiger partial charge in [0, 0.05) is 65.9 Å². The first-order valence-electron chi connectivity index (χ1n) is 25.7. The number of aromatic nitrogens is 4. The maximum absolute atomic E-state index is 12.7. The smallest absolute Gasteiger partial charge is 0.148 e. The molecule has 0 aliphatic rings. The van der Waals surface area contributed by atoms with Gasteiger partial charge < -0.3 is 9.67 Å². The van der Waals surface area contributed by atoms with Crippen molar-refractivity contribution in [2.75, 3.05) is 0 Å². The summed E-state index contributed by atoms with van der Waals surface area (Å²) in [5.74, 6) is 0.947. The molecule has 0 amide bonds. The van der Waals surface area contributed by atoms with Gasteiger partial charge in [-0.15, -0.1) is 29.8 Å². The summed E-state index contributed by atoms with van der Waals surface area (Å²) in [5, 5.41) is 17.4. The van der Waals surface area contributed by atoms with E-state index in [0.717, 1.165) is 83.3 Å². The minimum Gasteiger partial charge on any atom is -0.507 e. The van der Waals surface area contributed by atoms with Gasteiger partial charge in [-0.3, -0.25) is 9.55 Å². The first-order valence-corrected chi connectivity index (χ1v) is 25.7. The second-order valence-corrected chi connectivity index (χ2v) is 24.1. The molecule has 0 aliphatic carbocycles. The first kappa shape index (κ1) is 50.5. The van der Waals surface area contributed by atoms with E-state index in [2.05, 4.69) is 262 Å². The Hall–Kier alpha value is -7.07. The second-order valence-electron chi connectivity index (χ2n) is 24.1. The van der Waals surface area contributed by atoms with E-state index in [1.165, 1.54) is 27.4 Å². The minimum absolute atomic E-state index is 0. The van der Waals surface area contributed by atoms with E-state index in [1.54, 1.807) is 0 Å². The Morgan fingerprint density at radius 1 is 0.473 bits per heavy atom. The molecular weight excluding hydrogens is 1080 g/mol. The van der Waals surface area contributed by atoms with Gasteiger partial charge in [0.05, 0.1) is 33.3 Å². The van der Waals surface area contributed by atoms with Crippen LogP contribution in [0.15, 0.2) is 170 Å². The van der Waals surface area contributed by atoms with E-state index in [4.69, 9.17) is 9.97 Å². The van der Waals surface area contributed by atoms with Crippen LogP contribution in [0.4, 0.5) is 0 Å². The summed E-state index contributed by atoms with van der Waals surface area (Å²) in [6.45, 7) is 26.9. The van der Waals surface area contributed by atoms with Gasteiger partial charge >= 0.3 is 0 Å². The number of nitrogens with zero attached hydrogens (tertiary/aromatic N) is 4. The molecule has 6 heteroatoms. The fraction of sp³-hybridized carbons (Fsp3) is 0.235. The molecule has 3 aromatic heterocycles. The van der Waals surface area contributed by atoms with Crippen LogP contribution < -0.4 is 0 Å². The molecule has 374 valence electrons. The molecule has 5 nitrogen and oxygen atoms in total. The summed E-state index contributed by atoms with van der Waals surface area (Å²) in [7, 11) is 0. The Labute approximate surface area is 451 Å². The molecule has 0 saturated heterocycles. The topological polar surface area (TPSA) is 55.9 Å². The molecule has 0 unspecified atom stereocenters. The number of benzene rings is 8. The van der Waals surface area contributed by atoms with Gasteiger partial charge in [-0.05, 0) is 97.8 Å². The maximum atomic E-state index is 12.7. The Balaban J connectivity index is 0.00000626. The zero-order chi connectivity index (χ0) is 51.4. The monoisotopic (exact) mass is 1150 g/mol. The molecule has 11 aromatic rings. The zero-order valence-corrected chi connectivity index (χ0v) is 47.0. The molecule has 0 fully saturated rings. The molecule has 1 N–H and O–H groups in total. The van der Waals surface area contributed by atoms with Crippen molar-refractivity contribution in [2.45, 2.75) is 105 Å². The first-order chi connectivity index (χ1) is 34.6. The fourth-order valence-electron chi connectivity index (χ4n) is 10.6. The Morgan fingerprint density at radius 2 is 1.11 bits per heavy atom. The van der Waals surface area contributed by atoms with Crippen molar-refractivity contribution in [1.29, 1.82) is 0 Å². The quantitative estimate of drug-likeness (QED) is 0.169. The zero-order valence-electron chi connectivity index (χ0n) is 44.7. The third-order valence-corrected chi connectivity index (χ3v) is 14.8. The molecule has 3 heterocycles. The molecule has 0 bridgehead atoms. The average Bonchev–Trinajstić information content (AvgIpc) is 3.91. The van der Waals surface area contributed by atoms with Gasteiger partial charge in [-0.2, -0.15) is 0 Å². The molecule has 74 heavy (non-hydrogen) atoms. The number of hydrogen-bond acceptors (Lipinski definition) is 3. The Kier molecular flexibility index (Phi) is 12.5. The molecule has 0 atom stereocenters. The normalized spacial score (nSPS) is 12.5. The van der Waals surface area contributed by atoms with Crippen LogP contribution in [0.2, 0.25) is 0 Å². The van der Waals surface area contributed by atoms with Crippen molar-refractivity contribution in [3.8, 4) is 62.0 Å². The summed E-state index contributed by atoms with van der Waals surface area (Å²) < 4.78 is 4.70. The van der Waals surface area contributed by atoms with Gasteiger partial charge in [0.1, 0.15) is 11.6 Å². The molecule has 0 aliphatic heterocycles. The SMILES string of the molecule is CC(C)(C)c1cc(-c2nc3c(-c4[c-]c(-c5cc(-c6cccc7c8ccccc8n(-c8ccccc8)c67)ccn5)ccc4)cccc3n2-c2cc(C(C)(C)C)cc3ccc(C(C)(C)C)cc23)c(O)c(C(C)(C)C)c1.[Pt]. The molecular formula is C68H65N4OPt-. The second kappa shape index (κ2) is 18.4. The van der Waals surface area contributed by atoms with Crippen LogP contribution in [0, 0.1) is 6.07 Å². The maximum Gasteiger partial charge on any atom is 0.148 e. The molecule has 0 saturated carbocycles. The van der Waals surface area contributed by atoms with Crippen LogP contribution in [0.3, 0.4) is 0 Å². The summed E-state index contributed by atoms with van der Waals surface area (Å²) >= 11 is 0. The number of hydrogen-bond donors (Lipinski definition) is 1. The third kappa shape index (κ3) is 8.87. The van der Waals surface area contributed by atoms with Gasteiger partial charge in [-0.25, -0.2) is 4.98 Å². The molecule has 0 spiro atoms. The summed E-state index contributed by atoms with van der Waals surface area (Å²) in [4.78, 5) is 10.7. The van der Waals surface area contributed by atoms with Crippen LogP contribution in [0.25, 0.3) is 99.9 Å². The van der Waals surface area contributed by atoms with E-state index in [9.17, 15) is 5.11 Å². The van der Waals surface area contributed by atoms with E-state index < -0.39 is 0 Å². The Morgan fingerprint density at radius 3 is 1.84 bits per heavy atom. The number of aromatic hydroxyl groups is 1. The van der Waals surface area contributed by atoms with Gasteiger partial charge in [0.25, 0.3) is 0 Å². The number of rotatable bonds is 6. The van der Waals surface area contributed by atoms with Gasteiger partial charge in [0.2, 0.25) is 0 Å². The van der Waals surface area contributed by atoms with Crippen molar-refractivity contribution in [3.63, 3.8) is 0 Å². The largest absolute Gasteiger partial charge is 0.507 e. The molecule has 8 aromatic carbocycles. The van der Waals surface area contributed by atoms with Crippen molar-refractivity contribution >= 4 is 43.6 Å². The Bertz CT molecular complexity index is 3960. The van der Waals surface area contributed by atoms with E-state index >= 15 is 0 Å². The van der Waals surface area contributed by atoms with Crippen LogP contribution in [-0.2, 0) is 42.7 Å². The van der Waals surface area contributed by atoms with E-state index in [1.807, 2.05) is 6.20 Å². The summed E-state index contributed by atoms with van der Waals surface area (Å²) in [6, 6.07) is 62.8. The number of fused-ring (bicyclic) bond motifs is 5. The van der Waals surface area contributed by atoms with Crippen molar-refractivity contribution in [3.05, 3.63) is 198 Å². The predicted molar refractivity (Wildman–Crippen MR) is 308 cm³/mol. The predicted octanol–water partition coefficient (Wildman–Crippen LogP) is 18.0. The van der Waals surface area contributed by atoms with Crippen LogP contribution in [0.1, 0.15) is 105 Å². The third-order valence-electron chi connectivity index (χ3n) is 14.8. The molecule has 0 radical (unpaired) electrons. The van der Waals surface area contributed by atoms with E-state index in [0.29, 0.717) is 11.4 Å². The van der Waals surface area contributed by atoms with Crippen molar-refractivity contribution in [1.82, 2.24) is 19.1 Å². The number of phenols is 1. The molecule has 11 rings (SSSR count).